The predicted molar refractivity (Wildman–Crippen MR) is 97.9 cm³/mol. The van der Waals surface area contributed by atoms with Crippen LogP contribution in [0.5, 0.6) is 0 Å². The van der Waals surface area contributed by atoms with Crippen molar-refractivity contribution in [2.75, 3.05) is 5.32 Å². The molecule has 0 spiro atoms. The van der Waals surface area contributed by atoms with E-state index in [0.717, 1.165) is 15.6 Å². The number of aromatic nitrogens is 1. The van der Waals surface area contributed by atoms with E-state index >= 15 is 0 Å². The molecule has 3 rings (SSSR count). The Hall–Kier alpha value is -2.18. The number of hydrogen-bond donors (Lipinski definition) is 1. The molecule has 1 heterocycles. The van der Waals surface area contributed by atoms with E-state index in [9.17, 15) is 9.18 Å². The van der Waals surface area contributed by atoms with Crippen LogP contribution in [-0.2, 0) is 4.79 Å². The highest BCUT2D eigenvalue weighted by Gasteiger charge is 2.17. The average molecular weight is 358 g/mol. The van der Waals surface area contributed by atoms with Crippen LogP contribution in [-0.4, -0.2) is 16.1 Å². The molecule has 24 heavy (non-hydrogen) atoms. The summed E-state index contributed by atoms with van der Waals surface area (Å²) in [6.45, 7) is 1.81. The molecule has 0 saturated heterocycles. The van der Waals surface area contributed by atoms with Crippen LogP contribution in [0.3, 0.4) is 0 Å². The molecule has 0 aliphatic carbocycles. The van der Waals surface area contributed by atoms with Gasteiger partial charge in [-0.3, -0.25) is 4.79 Å². The first-order valence-electron chi connectivity index (χ1n) is 7.36. The first-order valence-corrected chi connectivity index (χ1v) is 9.12. The van der Waals surface area contributed by atoms with Crippen molar-refractivity contribution >= 4 is 34.7 Å². The van der Waals surface area contributed by atoms with Crippen molar-refractivity contribution in [1.82, 2.24) is 4.98 Å². The second-order valence-electron chi connectivity index (χ2n) is 5.12. The van der Waals surface area contributed by atoms with Crippen LogP contribution >= 0.6 is 23.1 Å². The third kappa shape index (κ3) is 4.21. The molecule has 0 aliphatic heterocycles. The number of halogens is 1. The van der Waals surface area contributed by atoms with Crippen molar-refractivity contribution in [2.45, 2.75) is 16.5 Å². The number of thiazole rings is 1. The van der Waals surface area contributed by atoms with Gasteiger partial charge in [-0.15, -0.1) is 11.3 Å². The van der Waals surface area contributed by atoms with Gasteiger partial charge in [0, 0.05) is 16.6 Å². The van der Waals surface area contributed by atoms with Crippen molar-refractivity contribution in [1.29, 1.82) is 0 Å². The molecular formula is C18H15FN2OS2. The molecule has 1 aromatic heterocycles. The van der Waals surface area contributed by atoms with Gasteiger partial charge in [-0.2, -0.15) is 0 Å². The molecule has 1 N–H and O–H groups in total. The van der Waals surface area contributed by atoms with Gasteiger partial charge in [-0.1, -0.05) is 48.2 Å². The minimum absolute atomic E-state index is 0.179. The molecule has 1 amide bonds. The average Bonchev–Trinajstić information content (AvgIpc) is 3.04. The summed E-state index contributed by atoms with van der Waals surface area (Å²) in [4.78, 5) is 16.8. The first kappa shape index (κ1) is 16.7. The van der Waals surface area contributed by atoms with Crippen molar-refractivity contribution in [3.8, 4) is 11.3 Å². The Kier molecular flexibility index (Phi) is 5.27. The lowest BCUT2D eigenvalue weighted by Crippen LogP contribution is -2.22. The van der Waals surface area contributed by atoms with E-state index in [1.807, 2.05) is 42.6 Å². The highest BCUT2D eigenvalue weighted by Crippen LogP contribution is 2.31. The fourth-order valence-corrected chi connectivity index (χ4v) is 4.04. The summed E-state index contributed by atoms with van der Waals surface area (Å²) in [5, 5.41) is 4.37. The molecule has 2 aromatic carbocycles. The van der Waals surface area contributed by atoms with E-state index in [-0.39, 0.29) is 17.0 Å². The third-order valence-electron chi connectivity index (χ3n) is 3.29. The highest BCUT2D eigenvalue weighted by atomic mass is 32.2. The van der Waals surface area contributed by atoms with E-state index < -0.39 is 0 Å². The topological polar surface area (TPSA) is 42.0 Å². The summed E-state index contributed by atoms with van der Waals surface area (Å²) in [5.41, 5.74) is 2.41. The number of hydrogen-bond acceptors (Lipinski definition) is 4. The minimum atomic E-state index is -0.375. The number of carbonyl (C=O) groups excluding carboxylic acids is 1. The van der Waals surface area contributed by atoms with E-state index in [4.69, 9.17) is 0 Å². The SMILES string of the molecule is C[C@@H](Sc1nc(-c2ccccc2)cs1)C(=O)Nc1cccc(F)c1. The summed E-state index contributed by atoms with van der Waals surface area (Å²) in [6.07, 6.45) is 0. The molecule has 0 radical (unpaired) electrons. The number of benzene rings is 2. The normalized spacial score (nSPS) is 11.9. The summed E-state index contributed by atoms with van der Waals surface area (Å²) >= 11 is 2.90. The number of nitrogens with zero attached hydrogens (tertiary/aromatic N) is 1. The summed E-state index contributed by atoms with van der Waals surface area (Å²) in [7, 11) is 0. The third-order valence-corrected chi connectivity index (χ3v) is 5.36. The number of amides is 1. The van der Waals surface area contributed by atoms with Gasteiger partial charge in [0.1, 0.15) is 5.82 Å². The molecule has 0 saturated carbocycles. The van der Waals surface area contributed by atoms with Crippen LogP contribution in [0.1, 0.15) is 6.92 Å². The molecule has 0 fully saturated rings. The Labute approximate surface area is 148 Å². The fraction of sp³-hybridized carbons (Fsp3) is 0.111. The molecule has 0 bridgehead atoms. The van der Waals surface area contributed by atoms with Crippen molar-refractivity contribution in [2.24, 2.45) is 0 Å². The van der Waals surface area contributed by atoms with Crippen molar-refractivity contribution in [3.63, 3.8) is 0 Å². The number of rotatable bonds is 5. The highest BCUT2D eigenvalue weighted by molar-refractivity contribution is 8.02. The van der Waals surface area contributed by atoms with Crippen LogP contribution in [0.15, 0.2) is 64.3 Å². The molecular weight excluding hydrogens is 343 g/mol. The van der Waals surface area contributed by atoms with E-state index in [2.05, 4.69) is 10.3 Å². The molecule has 6 heteroatoms. The molecule has 3 nitrogen and oxygen atoms in total. The Morgan fingerprint density at radius 1 is 1.21 bits per heavy atom. The number of anilines is 1. The van der Waals surface area contributed by atoms with Gasteiger partial charge in [0.2, 0.25) is 5.91 Å². The maximum atomic E-state index is 13.2. The fourth-order valence-electron chi connectivity index (χ4n) is 2.07. The lowest BCUT2D eigenvalue weighted by Gasteiger charge is -2.10. The lowest BCUT2D eigenvalue weighted by atomic mass is 10.2. The Bertz CT molecular complexity index is 836. The zero-order chi connectivity index (χ0) is 16.9. The van der Waals surface area contributed by atoms with Crippen LogP contribution in [0.2, 0.25) is 0 Å². The molecule has 0 unspecified atom stereocenters. The summed E-state index contributed by atoms with van der Waals surface area (Å²) in [6, 6.07) is 15.8. The molecule has 3 aromatic rings. The zero-order valence-electron chi connectivity index (χ0n) is 12.9. The van der Waals surface area contributed by atoms with Crippen LogP contribution in [0.4, 0.5) is 10.1 Å². The smallest absolute Gasteiger partial charge is 0.237 e. The van der Waals surface area contributed by atoms with Gasteiger partial charge in [0.05, 0.1) is 10.9 Å². The van der Waals surface area contributed by atoms with Gasteiger partial charge < -0.3 is 5.32 Å². The van der Waals surface area contributed by atoms with Crippen molar-refractivity contribution in [3.05, 3.63) is 65.8 Å². The Morgan fingerprint density at radius 3 is 2.75 bits per heavy atom. The number of carbonyl (C=O) groups is 1. The standard InChI is InChI=1S/C18H15FN2OS2/c1-12(17(22)20-15-9-5-8-14(19)10-15)24-18-21-16(11-23-18)13-6-3-2-4-7-13/h2-12H,1H3,(H,20,22)/t12-/m1/s1. The monoisotopic (exact) mass is 358 g/mol. The Balaban J connectivity index is 1.63. The van der Waals surface area contributed by atoms with Gasteiger partial charge in [-0.25, -0.2) is 9.37 Å². The molecule has 1 atom stereocenters. The number of nitrogens with one attached hydrogen (secondary N) is 1. The molecule has 0 aliphatic rings. The zero-order valence-corrected chi connectivity index (χ0v) is 14.5. The molecule has 122 valence electrons. The predicted octanol–water partition coefficient (Wildman–Crippen LogP) is 5.07. The van der Waals surface area contributed by atoms with E-state index in [1.165, 1.54) is 35.2 Å². The summed E-state index contributed by atoms with van der Waals surface area (Å²) in [5.74, 6) is -0.553. The largest absolute Gasteiger partial charge is 0.325 e. The van der Waals surface area contributed by atoms with Crippen LogP contribution in [0, 0.1) is 5.82 Å². The Morgan fingerprint density at radius 2 is 2.00 bits per heavy atom. The summed E-state index contributed by atoms with van der Waals surface area (Å²) < 4.78 is 14.0. The van der Waals surface area contributed by atoms with Gasteiger partial charge >= 0.3 is 0 Å². The van der Waals surface area contributed by atoms with Crippen molar-refractivity contribution < 1.29 is 9.18 Å². The lowest BCUT2D eigenvalue weighted by molar-refractivity contribution is -0.115. The van der Waals surface area contributed by atoms with Gasteiger partial charge in [-0.05, 0) is 25.1 Å². The van der Waals surface area contributed by atoms with Crippen LogP contribution in [0.25, 0.3) is 11.3 Å². The maximum absolute atomic E-state index is 13.2. The number of thioether (sulfide) groups is 1. The first-order chi connectivity index (χ1) is 11.6. The maximum Gasteiger partial charge on any atom is 0.237 e. The quantitative estimate of drug-likeness (QED) is 0.648. The van der Waals surface area contributed by atoms with Gasteiger partial charge in [0.15, 0.2) is 4.34 Å². The van der Waals surface area contributed by atoms with Crippen LogP contribution < -0.4 is 5.32 Å². The second-order valence-corrected chi connectivity index (χ2v) is 7.57. The van der Waals surface area contributed by atoms with Gasteiger partial charge in [0.25, 0.3) is 0 Å². The van der Waals surface area contributed by atoms with E-state index in [0.29, 0.717) is 5.69 Å². The van der Waals surface area contributed by atoms with E-state index in [1.54, 1.807) is 12.1 Å². The second kappa shape index (κ2) is 7.59. The minimum Gasteiger partial charge on any atom is -0.325 e.